The maximum atomic E-state index is 12.5. The van der Waals surface area contributed by atoms with Crippen molar-refractivity contribution in [2.45, 2.75) is 36.4 Å². The van der Waals surface area contributed by atoms with E-state index in [1.807, 2.05) is 31.2 Å². The molecule has 0 radical (unpaired) electrons. The van der Waals surface area contributed by atoms with Crippen LogP contribution in [0.2, 0.25) is 0 Å². The van der Waals surface area contributed by atoms with E-state index in [4.69, 9.17) is 4.74 Å². The standard InChI is InChI=1S/C18H25N5O2S2/c1-12(2)19-17-21-22-18(27-17)26-13(3)16(24)20-14-4-6-15(7-5-14)23-8-10-25-11-9-23/h4-7,12-13H,8-11H2,1-3H3,(H,19,21)(H,20,24). The van der Waals surface area contributed by atoms with Gasteiger partial charge in [0.05, 0.1) is 18.5 Å². The van der Waals surface area contributed by atoms with Crippen molar-refractivity contribution in [1.82, 2.24) is 10.2 Å². The zero-order chi connectivity index (χ0) is 19.2. The molecule has 27 heavy (non-hydrogen) atoms. The van der Waals surface area contributed by atoms with Gasteiger partial charge in [-0.3, -0.25) is 4.79 Å². The maximum Gasteiger partial charge on any atom is 0.237 e. The van der Waals surface area contributed by atoms with E-state index in [2.05, 4.69) is 39.6 Å². The second kappa shape index (κ2) is 9.38. The monoisotopic (exact) mass is 407 g/mol. The van der Waals surface area contributed by atoms with Crippen LogP contribution in [0, 0.1) is 0 Å². The van der Waals surface area contributed by atoms with Crippen molar-refractivity contribution in [1.29, 1.82) is 0 Å². The number of nitrogens with zero attached hydrogens (tertiary/aromatic N) is 3. The number of hydrogen-bond acceptors (Lipinski definition) is 8. The number of nitrogens with one attached hydrogen (secondary N) is 2. The average molecular weight is 408 g/mol. The van der Waals surface area contributed by atoms with Crippen molar-refractivity contribution in [3.8, 4) is 0 Å². The summed E-state index contributed by atoms with van der Waals surface area (Å²) >= 11 is 2.88. The Morgan fingerprint density at radius 3 is 2.56 bits per heavy atom. The van der Waals surface area contributed by atoms with E-state index in [1.165, 1.54) is 23.1 Å². The van der Waals surface area contributed by atoms with Gasteiger partial charge < -0.3 is 20.3 Å². The van der Waals surface area contributed by atoms with Crippen LogP contribution < -0.4 is 15.5 Å². The topological polar surface area (TPSA) is 79.4 Å². The third kappa shape index (κ3) is 5.82. The molecule has 1 aromatic carbocycles. The molecule has 1 aromatic heterocycles. The molecule has 1 unspecified atom stereocenters. The lowest BCUT2D eigenvalue weighted by molar-refractivity contribution is -0.115. The summed E-state index contributed by atoms with van der Waals surface area (Å²) in [5.41, 5.74) is 1.95. The van der Waals surface area contributed by atoms with Gasteiger partial charge in [0.25, 0.3) is 0 Å². The molecule has 1 amide bonds. The van der Waals surface area contributed by atoms with Gasteiger partial charge in [0.2, 0.25) is 11.0 Å². The quantitative estimate of drug-likeness (QED) is 0.682. The Balaban J connectivity index is 1.52. The highest BCUT2D eigenvalue weighted by atomic mass is 32.2. The van der Waals surface area contributed by atoms with Gasteiger partial charge >= 0.3 is 0 Å². The molecule has 2 heterocycles. The van der Waals surface area contributed by atoms with Gasteiger partial charge in [0.1, 0.15) is 0 Å². The molecule has 1 atom stereocenters. The first-order chi connectivity index (χ1) is 13.0. The molecule has 1 fully saturated rings. The van der Waals surface area contributed by atoms with Gasteiger partial charge in [-0.15, -0.1) is 10.2 Å². The van der Waals surface area contributed by atoms with E-state index >= 15 is 0 Å². The van der Waals surface area contributed by atoms with E-state index in [0.29, 0.717) is 6.04 Å². The lowest BCUT2D eigenvalue weighted by Gasteiger charge is -2.28. The smallest absolute Gasteiger partial charge is 0.237 e. The number of ether oxygens (including phenoxy) is 1. The van der Waals surface area contributed by atoms with E-state index in [9.17, 15) is 4.79 Å². The van der Waals surface area contributed by atoms with Gasteiger partial charge in [0, 0.05) is 30.5 Å². The molecule has 0 aliphatic carbocycles. The zero-order valence-electron chi connectivity index (χ0n) is 15.8. The minimum absolute atomic E-state index is 0.0484. The number of morpholine rings is 1. The molecule has 3 rings (SSSR count). The first-order valence-corrected chi connectivity index (χ1v) is 10.7. The summed E-state index contributed by atoms with van der Waals surface area (Å²) in [4.78, 5) is 14.8. The molecule has 2 N–H and O–H groups in total. The fourth-order valence-electron chi connectivity index (χ4n) is 2.59. The largest absolute Gasteiger partial charge is 0.378 e. The number of aromatic nitrogens is 2. The number of rotatable bonds is 7. The van der Waals surface area contributed by atoms with E-state index in [-0.39, 0.29) is 11.2 Å². The second-order valence-corrected chi connectivity index (χ2v) is 9.13. The SMILES string of the molecule is CC(C)Nc1nnc(SC(C)C(=O)Nc2ccc(N3CCOCC3)cc2)s1. The van der Waals surface area contributed by atoms with Gasteiger partial charge in [0.15, 0.2) is 4.34 Å². The zero-order valence-corrected chi connectivity index (χ0v) is 17.4. The summed E-state index contributed by atoms with van der Waals surface area (Å²) in [5, 5.41) is 14.9. The molecule has 0 saturated carbocycles. The van der Waals surface area contributed by atoms with Crippen LogP contribution in [0.4, 0.5) is 16.5 Å². The number of thioether (sulfide) groups is 1. The minimum atomic E-state index is -0.260. The van der Waals surface area contributed by atoms with E-state index < -0.39 is 0 Å². The van der Waals surface area contributed by atoms with Crippen LogP contribution in [0.25, 0.3) is 0 Å². The molecular formula is C18H25N5O2S2. The number of benzene rings is 1. The average Bonchev–Trinajstić information content (AvgIpc) is 3.09. The van der Waals surface area contributed by atoms with Gasteiger partial charge in [-0.25, -0.2) is 0 Å². The van der Waals surface area contributed by atoms with Crippen LogP contribution in [-0.4, -0.2) is 53.7 Å². The minimum Gasteiger partial charge on any atom is -0.378 e. The Hall–Kier alpha value is -1.84. The van der Waals surface area contributed by atoms with Gasteiger partial charge in [-0.1, -0.05) is 23.1 Å². The van der Waals surface area contributed by atoms with Crippen LogP contribution in [0.5, 0.6) is 0 Å². The molecular weight excluding hydrogens is 382 g/mol. The number of hydrogen-bond donors (Lipinski definition) is 2. The Morgan fingerprint density at radius 1 is 1.19 bits per heavy atom. The van der Waals surface area contributed by atoms with Crippen molar-refractivity contribution in [2.24, 2.45) is 0 Å². The molecule has 1 saturated heterocycles. The van der Waals surface area contributed by atoms with Crippen molar-refractivity contribution in [2.75, 3.05) is 41.8 Å². The Bertz CT molecular complexity index is 744. The van der Waals surface area contributed by atoms with Crippen molar-refractivity contribution in [3.05, 3.63) is 24.3 Å². The molecule has 146 valence electrons. The predicted molar refractivity (Wildman–Crippen MR) is 112 cm³/mol. The lowest BCUT2D eigenvalue weighted by atomic mass is 10.2. The predicted octanol–water partition coefficient (Wildman–Crippen LogP) is 3.31. The Kier molecular flexibility index (Phi) is 6.92. The molecule has 1 aliphatic heterocycles. The number of carbonyl (C=O) groups is 1. The summed E-state index contributed by atoms with van der Waals surface area (Å²) in [6, 6.07) is 8.25. The van der Waals surface area contributed by atoms with Gasteiger partial charge in [-0.2, -0.15) is 0 Å². The molecule has 0 bridgehead atoms. The van der Waals surface area contributed by atoms with Crippen LogP contribution >= 0.6 is 23.1 Å². The first kappa shape index (κ1) is 19.9. The fraction of sp³-hybridized carbons (Fsp3) is 0.500. The summed E-state index contributed by atoms with van der Waals surface area (Å²) in [6.45, 7) is 9.28. The number of amides is 1. The Morgan fingerprint density at radius 2 is 1.89 bits per heavy atom. The second-order valence-electron chi connectivity index (χ2n) is 6.57. The van der Waals surface area contributed by atoms with Gasteiger partial charge in [-0.05, 0) is 45.0 Å². The fourth-order valence-corrected chi connectivity index (χ4v) is 4.63. The highest BCUT2D eigenvalue weighted by molar-refractivity contribution is 8.02. The molecule has 2 aromatic rings. The van der Waals surface area contributed by atoms with Crippen LogP contribution in [0.15, 0.2) is 28.6 Å². The molecule has 0 spiro atoms. The van der Waals surface area contributed by atoms with Crippen molar-refractivity contribution >= 4 is 45.5 Å². The maximum absolute atomic E-state index is 12.5. The molecule has 9 heteroatoms. The lowest BCUT2D eigenvalue weighted by Crippen LogP contribution is -2.36. The first-order valence-electron chi connectivity index (χ1n) is 9.01. The summed E-state index contributed by atoms with van der Waals surface area (Å²) in [5.74, 6) is -0.0484. The Labute approximate surface area is 167 Å². The van der Waals surface area contributed by atoms with Crippen LogP contribution in [0.1, 0.15) is 20.8 Å². The van der Waals surface area contributed by atoms with Crippen LogP contribution in [-0.2, 0) is 9.53 Å². The third-order valence-electron chi connectivity index (χ3n) is 3.98. The van der Waals surface area contributed by atoms with Crippen molar-refractivity contribution in [3.63, 3.8) is 0 Å². The van der Waals surface area contributed by atoms with Crippen LogP contribution in [0.3, 0.4) is 0 Å². The van der Waals surface area contributed by atoms with Crippen molar-refractivity contribution < 1.29 is 9.53 Å². The highest BCUT2D eigenvalue weighted by Gasteiger charge is 2.18. The van der Waals surface area contributed by atoms with E-state index in [1.54, 1.807) is 0 Å². The number of anilines is 3. The third-order valence-corrected chi connectivity index (χ3v) is 6.02. The summed E-state index contributed by atoms with van der Waals surface area (Å²) in [7, 11) is 0. The molecule has 1 aliphatic rings. The summed E-state index contributed by atoms with van der Waals surface area (Å²) in [6.07, 6.45) is 0. The normalized spacial score (nSPS) is 15.6. The highest BCUT2D eigenvalue weighted by Crippen LogP contribution is 2.30. The number of carbonyl (C=O) groups excluding carboxylic acids is 1. The van der Waals surface area contributed by atoms with E-state index in [0.717, 1.165) is 47.1 Å². The molecule has 7 nitrogen and oxygen atoms in total. The summed E-state index contributed by atoms with van der Waals surface area (Å²) < 4.78 is 6.16.